The van der Waals surface area contributed by atoms with Crippen molar-refractivity contribution < 1.29 is 14.6 Å². The van der Waals surface area contributed by atoms with E-state index in [2.05, 4.69) is 11.1 Å². The summed E-state index contributed by atoms with van der Waals surface area (Å²) in [5.74, 6) is 1.14. The highest BCUT2D eigenvalue weighted by molar-refractivity contribution is 5.65. The van der Waals surface area contributed by atoms with Crippen LogP contribution in [0.5, 0.6) is 5.75 Å². The first kappa shape index (κ1) is 16.1. The number of pyridine rings is 1. The molecule has 2 heterocycles. The maximum Gasteiger partial charge on any atom is 0.407 e. The fourth-order valence-electron chi connectivity index (χ4n) is 2.89. The number of anilines is 1. The van der Waals surface area contributed by atoms with Crippen LogP contribution in [0.4, 0.5) is 10.5 Å². The normalized spacial score (nSPS) is 15.2. The quantitative estimate of drug-likeness (QED) is 0.842. The number of hydrogen-bond acceptors (Lipinski definition) is 4. The maximum atomic E-state index is 10.9. The number of carboxylic acid groups (broad SMARTS) is 1. The Hall–Kier alpha value is -2.76. The Labute approximate surface area is 140 Å². The molecule has 1 amide bonds. The number of rotatable bonds is 4. The van der Waals surface area contributed by atoms with E-state index in [1.807, 2.05) is 24.4 Å². The lowest BCUT2D eigenvalue weighted by Gasteiger charge is -2.30. The number of ether oxygens (including phenoxy) is 1. The van der Waals surface area contributed by atoms with Gasteiger partial charge in [0.25, 0.3) is 0 Å². The monoisotopic (exact) mass is 327 g/mol. The molecule has 1 aromatic heterocycles. The van der Waals surface area contributed by atoms with Crippen LogP contribution in [0.3, 0.4) is 0 Å². The van der Waals surface area contributed by atoms with E-state index in [0.29, 0.717) is 31.3 Å². The van der Waals surface area contributed by atoms with Gasteiger partial charge in [-0.25, -0.2) is 4.79 Å². The standard InChI is InChI=1S/C18H21N3O3/c19-15-2-5-17(6-3-15)24-12-16-4-1-14(11-20-16)13-7-9-21(10-8-13)18(22)23/h1-6,11,13H,7-10,12,19H2,(H,22,23). The Morgan fingerprint density at radius 3 is 2.50 bits per heavy atom. The molecule has 24 heavy (non-hydrogen) atoms. The third kappa shape index (κ3) is 3.95. The lowest BCUT2D eigenvalue weighted by atomic mass is 9.90. The van der Waals surface area contributed by atoms with Crippen molar-refractivity contribution in [2.24, 2.45) is 0 Å². The third-order valence-electron chi connectivity index (χ3n) is 4.35. The molecule has 1 fully saturated rings. The van der Waals surface area contributed by atoms with Crippen molar-refractivity contribution in [3.63, 3.8) is 0 Å². The number of hydrogen-bond donors (Lipinski definition) is 2. The first-order valence-electron chi connectivity index (χ1n) is 8.03. The van der Waals surface area contributed by atoms with Gasteiger partial charge >= 0.3 is 6.09 Å². The van der Waals surface area contributed by atoms with Crippen LogP contribution in [-0.2, 0) is 6.61 Å². The van der Waals surface area contributed by atoms with Crippen molar-refractivity contribution in [1.29, 1.82) is 0 Å². The molecule has 6 nitrogen and oxygen atoms in total. The molecule has 0 aliphatic carbocycles. The van der Waals surface area contributed by atoms with Crippen molar-refractivity contribution in [3.8, 4) is 5.75 Å². The van der Waals surface area contributed by atoms with Gasteiger partial charge in [-0.15, -0.1) is 0 Å². The van der Waals surface area contributed by atoms with Crippen LogP contribution in [-0.4, -0.2) is 34.2 Å². The number of nitrogen functional groups attached to an aromatic ring is 1. The lowest BCUT2D eigenvalue weighted by molar-refractivity contribution is 0.132. The topological polar surface area (TPSA) is 88.7 Å². The minimum atomic E-state index is -0.832. The van der Waals surface area contributed by atoms with Gasteiger partial charge in [0.1, 0.15) is 12.4 Å². The SMILES string of the molecule is Nc1ccc(OCc2ccc(C3CCN(C(=O)O)CC3)cn2)cc1. The highest BCUT2D eigenvalue weighted by Gasteiger charge is 2.23. The number of carbonyl (C=O) groups is 1. The average molecular weight is 327 g/mol. The van der Waals surface area contributed by atoms with E-state index in [1.54, 1.807) is 12.1 Å². The number of nitrogens with zero attached hydrogens (tertiary/aromatic N) is 2. The van der Waals surface area contributed by atoms with Gasteiger partial charge in [0.15, 0.2) is 0 Å². The molecule has 1 aromatic carbocycles. The summed E-state index contributed by atoms with van der Waals surface area (Å²) in [6.45, 7) is 1.58. The molecule has 1 aliphatic heterocycles. The van der Waals surface area contributed by atoms with E-state index in [9.17, 15) is 4.79 Å². The van der Waals surface area contributed by atoms with Crippen molar-refractivity contribution >= 4 is 11.8 Å². The predicted molar refractivity (Wildman–Crippen MR) is 91.0 cm³/mol. The van der Waals surface area contributed by atoms with Crippen molar-refractivity contribution in [2.45, 2.75) is 25.4 Å². The van der Waals surface area contributed by atoms with Gasteiger partial charge in [0, 0.05) is 25.0 Å². The van der Waals surface area contributed by atoms with Gasteiger partial charge in [0.2, 0.25) is 0 Å². The summed E-state index contributed by atoms with van der Waals surface area (Å²) in [5, 5.41) is 8.99. The lowest BCUT2D eigenvalue weighted by Crippen LogP contribution is -2.36. The highest BCUT2D eigenvalue weighted by Crippen LogP contribution is 2.27. The summed E-state index contributed by atoms with van der Waals surface area (Å²) >= 11 is 0. The number of piperidine rings is 1. The van der Waals surface area contributed by atoms with Crippen LogP contribution in [0, 0.1) is 0 Å². The largest absolute Gasteiger partial charge is 0.487 e. The van der Waals surface area contributed by atoms with Gasteiger partial charge in [-0.2, -0.15) is 0 Å². The molecule has 0 bridgehead atoms. The molecule has 0 unspecified atom stereocenters. The number of aromatic nitrogens is 1. The Kier molecular flexibility index (Phi) is 4.84. The highest BCUT2D eigenvalue weighted by atomic mass is 16.5. The van der Waals surface area contributed by atoms with E-state index in [1.165, 1.54) is 4.90 Å². The average Bonchev–Trinajstić information content (AvgIpc) is 2.62. The van der Waals surface area contributed by atoms with Crippen LogP contribution in [0.1, 0.15) is 30.0 Å². The van der Waals surface area contributed by atoms with Gasteiger partial charge in [-0.05, 0) is 54.7 Å². The summed E-state index contributed by atoms with van der Waals surface area (Å²) < 4.78 is 5.68. The zero-order valence-electron chi connectivity index (χ0n) is 13.4. The van der Waals surface area contributed by atoms with Crippen LogP contribution in [0.25, 0.3) is 0 Å². The summed E-state index contributed by atoms with van der Waals surface area (Å²) in [7, 11) is 0. The van der Waals surface area contributed by atoms with Crippen molar-refractivity contribution in [2.75, 3.05) is 18.8 Å². The maximum absolute atomic E-state index is 10.9. The molecule has 0 radical (unpaired) electrons. The van der Waals surface area contributed by atoms with E-state index in [4.69, 9.17) is 15.6 Å². The molecule has 0 spiro atoms. The van der Waals surface area contributed by atoms with Crippen LogP contribution in [0.15, 0.2) is 42.6 Å². The molecule has 6 heteroatoms. The van der Waals surface area contributed by atoms with E-state index < -0.39 is 6.09 Å². The molecule has 1 saturated heterocycles. The molecule has 126 valence electrons. The minimum Gasteiger partial charge on any atom is -0.487 e. The summed E-state index contributed by atoms with van der Waals surface area (Å²) in [6, 6.07) is 11.3. The smallest absolute Gasteiger partial charge is 0.407 e. The molecule has 1 aliphatic rings. The fraction of sp³-hybridized carbons (Fsp3) is 0.333. The molecule has 3 N–H and O–H groups in total. The molecule has 0 atom stereocenters. The molecule has 2 aromatic rings. The molecular formula is C18H21N3O3. The van der Waals surface area contributed by atoms with Gasteiger partial charge in [0.05, 0.1) is 5.69 Å². The van der Waals surface area contributed by atoms with Gasteiger partial charge in [-0.1, -0.05) is 6.07 Å². The predicted octanol–water partition coefficient (Wildman–Crippen LogP) is 3.10. The van der Waals surface area contributed by atoms with E-state index >= 15 is 0 Å². The van der Waals surface area contributed by atoms with Crippen LogP contribution >= 0.6 is 0 Å². The molecule has 3 rings (SSSR count). The zero-order chi connectivity index (χ0) is 16.9. The Balaban J connectivity index is 1.54. The Morgan fingerprint density at radius 2 is 1.92 bits per heavy atom. The van der Waals surface area contributed by atoms with Crippen molar-refractivity contribution in [3.05, 3.63) is 53.9 Å². The summed E-state index contributed by atoms with van der Waals surface area (Å²) in [6.07, 6.45) is 2.73. The number of amides is 1. The summed E-state index contributed by atoms with van der Waals surface area (Å²) in [5.41, 5.74) is 8.37. The second-order valence-electron chi connectivity index (χ2n) is 5.98. The molecule has 0 saturated carbocycles. The second kappa shape index (κ2) is 7.21. The Morgan fingerprint density at radius 1 is 1.21 bits per heavy atom. The first-order chi connectivity index (χ1) is 11.6. The van der Waals surface area contributed by atoms with E-state index in [0.717, 1.165) is 29.8 Å². The molecular weight excluding hydrogens is 306 g/mol. The van der Waals surface area contributed by atoms with Crippen molar-refractivity contribution in [1.82, 2.24) is 9.88 Å². The van der Waals surface area contributed by atoms with Crippen LogP contribution < -0.4 is 10.5 Å². The Bertz CT molecular complexity index is 678. The number of nitrogens with two attached hydrogens (primary N) is 1. The number of likely N-dealkylation sites (tertiary alicyclic amines) is 1. The number of benzene rings is 1. The van der Waals surface area contributed by atoms with E-state index in [-0.39, 0.29) is 0 Å². The zero-order valence-corrected chi connectivity index (χ0v) is 13.4. The van der Waals surface area contributed by atoms with Gasteiger partial charge in [-0.3, -0.25) is 4.98 Å². The first-order valence-corrected chi connectivity index (χ1v) is 8.03. The fourth-order valence-corrected chi connectivity index (χ4v) is 2.89. The third-order valence-corrected chi connectivity index (χ3v) is 4.35. The minimum absolute atomic E-state index is 0.375. The second-order valence-corrected chi connectivity index (χ2v) is 5.98. The summed E-state index contributed by atoms with van der Waals surface area (Å²) in [4.78, 5) is 16.9. The van der Waals surface area contributed by atoms with Crippen LogP contribution in [0.2, 0.25) is 0 Å². The van der Waals surface area contributed by atoms with Gasteiger partial charge < -0.3 is 20.5 Å².